The second-order valence-corrected chi connectivity index (χ2v) is 3.26. The largest absolute Gasteiger partial charge is 0.280 e. The summed E-state index contributed by atoms with van der Waals surface area (Å²) >= 11 is 1.50. The average Bonchev–Trinajstić information content (AvgIpc) is 2.03. The van der Waals surface area contributed by atoms with E-state index in [0.29, 0.717) is 5.56 Å². The highest BCUT2D eigenvalue weighted by Crippen LogP contribution is 2.23. The topological polar surface area (TPSA) is 12.9 Å². The molecule has 0 saturated carbocycles. The molecule has 1 nitrogen and oxygen atoms in total. The number of rotatable bonds is 2. The van der Waals surface area contributed by atoms with Gasteiger partial charge in [0.15, 0.2) is 0 Å². The van der Waals surface area contributed by atoms with Crippen LogP contribution in [0.1, 0.15) is 17.7 Å². The lowest BCUT2D eigenvalue weighted by molar-refractivity contribution is 0.145. The van der Waals surface area contributed by atoms with Gasteiger partial charge in [0.05, 0.1) is 0 Å². The summed E-state index contributed by atoms with van der Waals surface area (Å²) in [5.41, 5.74) is 0.435. The van der Waals surface area contributed by atoms with Crippen LogP contribution in [-0.2, 0) is 0 Å². The molecule has 0 aliphatic heterocycles. The van der Waals surface area contributed by atoms with Crippen molar-refractivity contribution in [3.8, 4) is 0 Å². The number of thioether (sulfide) groups is 1. The number of alkyl halides is 2. The Morgan fingerprint density at radius 2 is 2.17 bits per heavy atom. The van der Waals surface area contributed by atoms with Crippen LogP contribution in [0.2, 0.25) is 0 Å². The Bertz CT molecular complexity index is 276. The van der Waals surface area contributed by atoms with Crippen molar-refractivity contribution >= 4 is 11.8 Å². The number of pyridine rings is 1. The van der Waals surface area contributed by atoms with Gasteiger partial charge in [-0.2, -0.15) is 0 Å². The minimum atomic E-state index is -2.47. The molecular formula is C8H9F2NS. The predicted octanol–water partition coefficient (Wildman–Crippen LogP) is 3.05. The highest BCUT2D eigenvalue weighted by atomic mass is 32.2. The zero-order chi connectivity index (χ0) is 9.14. The lowest BCUT2D eigenvalue weighted by Gasteiger charge is -2.04. The molecule has 0 bridgehead atoms. The Morgan fingerprint density at radius 3 is 2.58 bits per heavy atom. The maximum Gasteiger partial charge on any atom is 0.280 e. The van der Waals surface area contributed by atoms with Crippen molar-refractivity contribution in [3.05, 3.63) is 23.5 Å². The van der Waals surface area contributed by atoms with Crippen LogP contribution in [0.3, 0.4) is 0 Å². The van der Waals surface area contributed by atoms with Gasteiger partial charge < -0.3 is 0 Å². The summed E-state index contributed by atoms with van der Waals surface area (Å²) in [6.45, 7) is 1.65. The van der Waals surface area contributed by atoms with E-state index in [4.69, 9.17) is 0 Å². The molecule has 1 aromatic heterocycles. The smallest absolute Gasteiger partial charge is 0.254 e. The van der Waals surface area contributed by atoms with Crippen LogP contribution in [0, 0.1) is 6.92 Å². The summed E-state index contributed by atoms with van der Waals surface area (Å²) in [7, 11) is 0. The van der Waals surface area contributed by atoms with Crippen molar-refractivity contribution in [3.63, 3.8) is 0 Å². The highest BCUT2D eigenvalue weighted by Gasteiger charge is 2.11. The second kappa shape index (κ2) is 3.85. The molecule has 1 heterocycles. The molecular weight excluding hydrogens is 180 g/mol. The van der Waals surface area contributed by atoms with Gasteiger partial charge in [-0.05, 0) is 24.8 Å². The van der Waals surface area contributed by atoms with Crippen molar-refractivity contribution in [2.45, 2.75) is 18.2 Å². The van der Waals surface area contributed by atoms with Crippen LogP contribution in [-0.4, -0.2) is 11.2 Å². The fourth-order valence-corrected chi connectivity index (χ4v) is 1.35. The predicted molar refractivity (Wildman–Crippen MR) is 45.7 cm³/mol. The monoisotopic (exact) mass is 189 g/mol. The van der Waals surface area contributed by atoms with E-state index in [2.05, 4.69) is 4.98 Å². The maximum atomic E-state index is 12.2. The number of halogens is 2. The Morgan fingerprint density at radius 1 is 1.50 bits per heavy atom. The summed E-state index contributed by atoms with van der Waals surface area (Å²) in [5, 5.41) is 0. The van der Waals surface area contributed by atoms with Crippen LogP contribution >= 0.6 is 11.8 Å². The van der Waals surface area contributed by atoms with Crippen LogP contribution in [0.5, 0.6) is 0 Å². The Labute approximate surface area is 74.2 Å². The molecule has 0 atom stereocenters. The third-order valence-corrected chi connectivity index (χ3v) is 2.23. The van der Waals surface area contributed by atoms with E-state index in [-0.39, 0.29) is 5.69 Å². The molecule has 0 aromatic carbocycles. The van der Waals surface area contributed by atoms with Crippen molar-refractivity contribution in [2.75, 3.05) is 6.26 Å². The van der Waals surface area contributed by atoms with Crippen molar-refractivity contribution in [2.24, 2.45) is 0 Å². The zero-order valence-electron chi connectivity index (χ0n) is 6.84. The third-order valence-electron chi connectivity index (χ3n) is 1.54. The summed E-state index contributed by atoms with van der Waals surface area (Å²) in [6, 6.07) is 1.72. The van der Waals surface area contributed by atoms with Crippen LogP contribution < -0.4 is 0 Å². The van der Waals surface area contributed by atoms with Gasteiger partial charge in [0.1, 0.15) is 5.69 Å². The fraction of sp³-hybridized carbons (Fsp3) is 0.375. The lowest BCUT2D eigenvalue weighted by atomic mass is 10.2. The first-order valence-electron chi connectivity index (χ1n) is 3.44. The van der Waals surface area contributed by atoms with E-state index in [1.165, 1.54) is 18.0 Å². The van der Waals surface area contributed by atoms with Crippen molar-refractivity contribution in [1.82, 2.24) is 4.98 Å². The molecule has 0 N–H and O–H groups in total. The Kier molecular flexibility index (Phi) is 3.03. The molecule has 0 aliphatic carbocycles. The molecule has 0 unspecified atom stereocenters. The summed E-state index contributed by atoms with van der Waals surface area (Å²) in [6.07, 6.45) is 0.887. The third kappa shape index (κ3) is 1.94. The molecule has 0 fully saturated rings. The maximum absolute atomic E-state index is 12.2. The minimum Gasteiger partial charge on any atom is -0.254 e. The van der Waals surface area contributed by atoms with E-state index in [0.717, 1.165) is 4.90 Å². The molecule has 0 spiro atoms. The number of aryl methyl sites for hydroxylation is 1. The first kappa shape index (κ1) is 9.45. The summed E-state index contributed by atoms with van der Waals surface area (Å²) < 4.78 is 24.4. The lowest BCUT2D eigenvalue weighted by Crippen LogP contribution is -1.94. The van der Waals surface area contributed by atoms with E-state index >= 15 is 0 Å². The number of hydrogen-bond acceptors (Lipinski definition) is 2. The second-order valence-electron chi connectivity index (χ2n) is 2.38. The van der Waals surface area contributed by atoms with Crippen LogP contribution in [0.15, 0.2) is 17.2 Å². The van der Waals surface area contributed by atoms with E-state index in [1.807, 2.05) is 6.26 Å². The first-order valence-corrected chi connectivity index (χ1v) is 4.66. The van der Waals surface area contributed by atoms with Crippen molar-refractivity contribution in [1.29, 1.82) is 0 Å². The number of hydrogen-bond donors (Lipinski definition) is 0. The average molecular weight is 189 g/mol. The molecule has 0 amide bonds. The quantitative estimate of drug-likeness (QED) is 0.663. The Balaban J connectivity index is 3.03. The highest BCUT2D eigenvalue weighted by molar-refractivity contribution is 7.98. The molecule has 1 aromatic rings. The standard InChI is InChI=1S/C8H9F2NS/c1-5-3-6(12-2)4-11-7(5)8(9)10/h3-4,8H,1-2H3. The molecule has 1 rings (SSSR count). The Hall–Kier alpha value is -0.640. The molecule has 66 valence electrons. The van der Waals surface area contributed by atoms with Gasteiger partial charge in [-0.3, -0.25) is 4.98 Å². The van der Waals surface area contributed by atoms with E-state index in [9.17, 15) is 8.78 Å². The van der Waals surface area contributed by atoms with E-state index < -0.39 is 6.43 Å². The number of aromatic nitrogens is 1. The SMILES string of the molecule is CSc1cnc(C(F)F)c(C)c1. The van der Waals surface area contributed by atoms with Gasteiger partial charge in [0.25, 0.3) is 6.43 Å². The number of nitrogens with zero attached hydrogens (tertiary/aromatic N) is 1. The van der Waals surface area contributed by atoms with Gasteiger partial charge in [0.2, 0.25) is 0 Å². The zero-order valence-corrected chi connectivity index (χ0v) is 7.66. The summed E-state index contributed by atoms with van der Waals surface area (Å²) in [5.74, 6) is 0. The van der Waals surface area contributed by atoms with E-state index in [1.54, 1.807) is 13.0 Å². The molecule has 0 aliphatic rings. The van der Waals surface area contributed by atoms with Gasteiger partial charge in [-0.1, -0.05) is 0 Å². The van der Waals surface area contributed by atoms with Gasteiger partial charge in [-0.15, -0.1) is 11.8 Å². The minimum absolute atomic E-state index is 0.118. The van der Waals surface area contributed by atoms with Crippen LogP contribution in [0.4, 0.5) is 8.78 Å². The molecule has 12 heavy (non-hydrogen) atoms. The van der Waals surface area contributed by atoms with Gasteiger partial charge in [-0.25, -0.2) is 8.78 Å². The first-order chi connectivity index (χ1) is 5.65. The van der Waals surface area contributed by atoms with Gasteiger partial charge in [0, 0.05) is 11.1 Å². The summed E-state index contributed by atoms with van der Waals surface area (Å²) in [4.78, 5) is 4.59. The molecule has 0 radical (unpaired) electrons. The van der Waals surface area contributed by atoms with Gasteiger partial charge >= 0.3 is 0 Å². The fourth-order valence-electron chi connectivity index (χ4n) is 0.900. The van der Waals surface area contributed by atoms with Crippen LogP contribution in [0.25, 0.3) is 0 Å². The normalized spacial score (nSPS) is 10.8. The van der Waals surface area contributed by atoms with Crippen molar-refractivity contribution < 1.29 is 8.78 Å². The molecule has 4 heteroatoms. The molecule has 0 saturated heterocycles.